The SMILES string of the molecule is COCCn1c(SCC(=O)c2ccc(C)cc2)nc2ccccc2c1=O. The number of ether oxygens (including phenoxy) is 1. The molecule has 0 bridgehead atoms. The van der Waals surface area contributed by atoms with E-state index in [0.29, 0.717) is 34.8 Å². The van der Waals surface area contributed by atoms with Crippen molar-refractivity contribution in [2.45, 2.75) is 18.6 Å². The molecule has 3 aromatic rings. The average molecular weight is 368 g/mol. The van der Waals surface area contributed by atoms with E-state index in [4.69, 9.17) is 4.74 Å². The minimum absolute atomic E-state index is 0.00991. The molecule has 0 amide bonds. The molecule has 6 heteroatoms. The van der Waals surface area contributed by atoms with Crippen LogP contribution in [-0.2, 0) is 11.3 Å². The first-order valence-electron chi connectivity index (χ1n) is 8.31. The first-order chi connectivity index (χ1) is 12.6. The van der Waals surface area contributed by atoms with E-state index in [-0.39, 0.29) is 17.1 Å². The van der Waals surface area contributed by atoms with Gasteiger partial charge in [0.25, 0.3) is 5.56 Å². The third-order valence-corrected chi connectivity index (χ3v) is 5.03. The number of para-hydroxylation sites is 1. The minimum Gasteiger partial charge on any atom is -0.383 e. The van der Waals surface area contributed by atoms with Crippen molar-refractivity contribution in [1.82, 2.24) is 9.55 Å². The van der Waals surface area contributed by atoms with Crippen molar-refractivity contribution in [1.29, 1.82) is 0 Å². The molecule has 0 saturated heterocycles. The summed E-state index contributed by atoms with van der Waals surface area (Å²) in [6, 6.07) is 14.7. The number of hydrogen-bond acceptors (Lipinski definition) is 5. The summed E-state index contributed by atoms with van der Waals surface area (Å²) in [7, 11) is 1.59. The van der Waals surface area contributed by atoms with Crippen LogP contribution < -0.4 is 5.56 Å². The van der Waals surface area contributed by atoms with Gasteiger partial charge < -0.3 is 4.74 Å². The minimum atomic E-state index is -0.113. The molecule has 0 atom stereocenters. The summed E-state index contributed by atoms with van der Waals surface area (Å²) < 4.78 is 6.69. The molecule has 26 heavy (non-hydrogen) atoms. The van der Waals surface area contributed by atoms with Crippen LogP contribution in [0.2, 0.25) is 0 Å². The molecule has 3 rings (SSSR count). The first-order valence-corrected chi connectivity index (χ1v) is 9.30. The van der Waals surface area contributed by atoms with Crippen molar-refractivity contribution in [2.75, 3.05) is 19.5 Å². The van der Waals surface area contributed by atoms with Crippen molar-refractivity contribution in [3.05, 3.63) is 70.0 Å². The molecular formula is C20H20N2O3S. The van der Waals surface area contributed by atoms with E-state index >= 15 is 0 Å². The Kier molecular flexibility index (Phi) is 5.85. The zero-order valence-corrected chi connectivity index (χ0v) is 15.6. The number of aromatic nitrogens is 2. The van der Waals surface area contributed by atoms with Gasteiger partial charge in [-0.25, -0.2) is 4.98 Å². The summed E-state index contributed by atoms with van der Waals surface area (Å²) in [6.45, 7) is 2.78. The Balaban J connectivity index is 1.89. The van der Waals surface area contributed by atoms with Gasteiger partial charge in [0, 0.05) is 12.7 Å². The van der Waals surface area contributed by atoms with Crippen molar-refractivity contribution in [3.8, 4) is 0 Å². The average Bonchev–Trinajstić information content (AvgIpc) is 2.66. The molecule has 0 spiro atoms. The van der Waals surface area contributed by atoms with Gasteiger partial charge in [-0.15, -0.1) is 0 Å². The standard InChI is InChI=1S/C20H20N2O3S/c1-14-7-9-15(10-8-14)18(23)13-26-20-21-17-6-4-3-5-16(17)19(24)22(20)11-12-25-2/h3-10H,11-13H2,1-2H3. The first kappa shape index (κ1) is 18.4. The Morgan fingerprint density at radius 1 is 1.15 bits per heavy atom. The lowest BCUT2D eigenvalue weighted by molar-refractivity contribution is 0.102. The fourth-order valence-electron chi connectivity index (χ4n) is 2.59. The van der Waals surface area contributed by atoms with E-state index in [1.54, 1.807) is 17.7 Å². The van der Waals surface area contributed by atoms with E-state index in [2.05, 4.69) is 4.98 Å². The summed E-state index contributed by atoms with van der Waals surface area (Å²) >= 11 is 1.28. The fourth-order valence-corrected chi connectivity index (χ4v) is 3.51. The van der Waals surface area contributed by atoms with Crippen molar-refractivity contribution in [3.63, 3.8) is 0 Å². The Bertz CT molecular complexity index is 981. The third-order valence-electron chi connectivity index (χ3n) is 4.05. The summed E-state index contributed by atoms with van der Waals surface area (Å²) in [5.41, 5.74) is 2.29. The van der Waals surface area contributed by atoms with Crippen LogP contribution in [0.4, 0.5) is 0 Å². The van der Waals surface area contributed by atoms with Gasteiger partial charge in [0.1, 0.15) is 0 Å². The normalized spacial score (nSPS) is 11.0. The molecular weight excluding hydrogens is 348 g/mol. The van der Waals surface area contributed by atoms with Gasteiger partial charge in [0.05, 0.1) is 29.8 Å². The molecule has 0 aliphatic heterocycles. The molecule has 1 aromatic heterocycles. The van der Waals surface area contributed by atoms with Crippen LogP contribution in [0.15, 0.2) is 58.5 Å². The van der Waals surface area contributed by atoms with Crippen molar-refractivity contribution in [2.24, 2.45) is 0 Å². The number of nitrogens with zero attached hydrogens (tertiary/aromatic N) is 2. The van der Waals surface area contributed by atoms with E-state index in [1.165, 1.54) is 11.8 Å². The highest BCUT2D eigenvalue weighted by Gasteiger charge is 2.14. The van der Waals surface area contributed by atoms with Gasteiger partial charge in [-0.1, -0.05) is 53.7 Å². The van der Waals surface area contributed by atoms with Crippen LogP contribution in [0.1, 0.15) is 15.9 Å². The van der Waals surface area contributed by atoms with Crippen LogP contribution in [0, 0.1) is 6.92 Å². The molecule has 2 aromatic carbocycles. The number of methoxy groups -OCH3 is 1. The summed E-state index contributed by atoms with van der Waals surface area (Å²) in [6.07, 6.45) is 0. The van der Waals surface area contributed by atoms with Crippen molar-refractivity contribution < 1.29 is 9.53 Å². The van der Waals surface area contributed by atoms with Crippen molar-refractivity contribution >= 4 is 28.4 Å². The van der Waals surface area contributed by atoms with Gasteiger partial charge >= 0.3 is 0 Å². The second-order valence-electron chi connectivity index (χ2n) is 5.94. The topological polar surface area (TPSA) is 61.2 Å². The van der Waals surface area contributed by atoms with E-state index < -0.39 is 0 Å². The molecule has 0 aliphatic rings. The van der Waals surface area contributed by atoms with E-state index in [9.17, 15) is 9.59 Å². The van der Waals surface area contributed by atoms with Crippen LogP contribution in [0.25, 0.3) is 10.9 Å². The number of ketones is 1. The van der Waals surface area contributed by atoms with Gasteiger partial charge in [0.15, 0.2) is 10.9 Å². The fraction of sp³-hybridized carbons (Fsp3) is 0.250. The molecule has 134 valence electrons. The summed E-state index contributed by atoms with van der Waals surface area (Å²) in [4.78, 5) is 29.8. The van der Waals surface area contributed by atoms with E-state index in [0.717, 1.165) is 5.56 Å². The van der Waals surface area contributed by atoms with Crippen LogP contribution in [-0.4, -0.2) is 34.8 Å². The van der Waals surface area contributed by atoms with Gasteiger partial charge in [-0.05, 0) is 19.1 Å². The number of aryl methyl sites for hydroxylation is 1. The van der Waals surface area contributed by atoms with Crippen LogP contribution in [0.5, 0.6) is 0 Å². The number of Topliss-reactive ketones (excluding diaryl/α,β-unsaturated/α-hetero) is 1. The Labute approximate surface area is 156 Å². The molecule has 0 unspecified atom stereocenters. The Morgan fingerprint density at radius 2 is 1.88 bits per heavy atom. The molecule has 5 nitrogen and oxygen atoms in total. The third kappa shape index (κ3) is 4.03. The molecule has 1 heterocycles. The maximum Gasteiger partial charge on any atom is 0.262 e. The predicted octanol–water partition coefficient (Wildman–Crippen LogP) is 3.33. The molecule has 0 aliphatic carbocycles. The van der Waals surface area contributed by atoms with Crippen LogP contribution in [0.3, 0.4) is 0 Å². The highest BCUT2D eigenvalue weighted by atomic mass is 32.2. The lowest BCUT2D eigenvalue weighted by atomic mass is 10.1. The molecule has 0 fully saturated rings. The maximum atomic E-state index is 12.8. The molecule has 0 N–H and O–H groups in total. The zero-order valence-electron chi connectivity index (χ0n) is 14.8. The Hall–Kier alpha value is -2.44. The number of benzene rings is 2. The Morgan fingerprint density at radius 3 is 2.62 bits per heavy atom. The summed E-state index contributed by atoms with van der Waals surface area (Å²) in [5.74, 6) is 0.233. The largest absolute Gasteiger partial charge is 0.383 e. The zero-order chi connectivity index (χ0) is 18.5. The quantitative estimate of drug-likeness (QED) is 0.364. The number of thioether (sulfide) groups is 1. The predicted molar refractivity (Wildman–Crippen MR) is 104 cm³/mol. The van der Waals surface area contributed by atoms with E-state index in [1.807, 2.05) is 49.4 Å². The smallest absolute Gasteiger partial charge is 0.262 e. The monoisotopic (exact) mass is 368 g/mol. The maximum absolute atomic E-state index is 12.8. The number of hydrogen-bond donors (Lipinski definition) is 0. The lowest BCUT2D eigenvalue weighted by Crippen LogP contribution is -2.25. The highest BCUT2D eigenvalue weighted by Crippen LogP contribution is 2.19. The molecule has 0 radical (unpaired) electrons. The summed E-state index contributed by atoms with van der Waals surface area (Å²) in [5, 5.41) is 1.10. The lowest BCUT2D eigenvalue weighted by Gasteiger charge is -2.12. The van der Waals surface area contributed by atoms with Gasteiger partial charge in [-0.3, -0.25) is 14.2 Å². The number of fused-ring (bicyclic) bond motifs is 1. The number of rotatable bonds is 7. The second kappa shape index (κ2) is 8.29. The van der Waals surface area contributed by atoms with Crippen LogP contribution >= 0.6 is 11.8 Å². The highest BCUT2D eigenvalue weighted by molar-refractivity contribution is 7.99. The number of carbonyl (C=O) groups excluding carboxylic acids is 1. The van der Waals surface area contributed by atoms with Gasteiger partial charge in [-0.2, -0.15) is 0 Å². The number of carbonyl (C=O) groups is 1. The van der Waals surface area contributed by atoms with Gasteiger partial charge in [0.2, 0.25) is 0 Å². The second-order valence-corrected chi connectivity index (χ2v) is 6.88. The molecule has 0 saturated carbocycles.